The van der Waals surface area contributed by atoms with Crippen molar-refractivity contribution in [1.82, 2.24) is 14.5 Å². The van der Waals surface area contributed by atoms with E-state index in [4.69, 9.17) is 5.26 Å². The Hall–Kier alpha value is -3.26. The lowest BCUT2D eigenvalue weighted by molar-refractivity contribution is 0.0971. The zero-order valence-electron chi connectivity index (χ0n) is 12.9. The fourth-order valence-corrected chi connectivity index (χ4v) is 2.97. The van der Waals surface area contributed by atoms with Crippen LogP contribution in [0.4, 0.5) is 0 Å². The van der Waals surface area contributed by atoms with Crippen LogP contribution in [0.25, 0.3) is 17.1 Å². The standard InChI is InChI=1S/C19H14N4O/c20-10-13-3-1-4-14(9-13)17-11-23(12-21-17)19-8-7-15-16(22-19)5-2-6-18(15)24/h1,3-4,7-9,11-12H,2,5-6H2. The van der Waals surface area contributed by atoms with Gasteiger partial charge < -0.3 is 0 Å². The van der Waals surface area contributed by atoms with Crippen LogP contribution < -0.4 is 0 Å². The monoisotopic (exact) mass is 314 g/mol. The minimum Gasteiger partial charge on any atom is -0.294 e. The van der Waals surface area contributed by atoms with Gasteiger partial charge >= 0.3 is 0 Å². The number of imidazole rings is 1. The number of aryl methyl sites for hydroxylation is 1. The third-order valence-corrected chi connectivity index (χ3v) is 4.21. The Kier molecular flexibility index (Phi) is 3.43. The van der Waals surface area contributed by atoms with Gasteiger partial charge in [0, 0.05) is 23.7 Å². The van der Waals surface area contributed by atoms with Crippen LogP contribution in [0, 0.1) is 11.3 Å². The van der Waals surface area contributed by atoms with E-state index in [0.29, 0.717) is 12.0 Å². The van der Waals surface area contributed by atoms with Gasteiger partial charge in [0.2, 0.25) is 0 Å². The first-order valence-corrected chi connectivity index (χ1v) is 7.82. The Morgan fingerprint density at radius 2 is 2.08 bits per heavy atom. The molecule has 2 heterocycles. The molecule has 1 aliphatic rings. The predicted molar refractivity (Wildman–Crippen MR) is 88.8 cm³/mol. The van der Waals surface area contributed by atoms with E-state index >= 15 is 0 Å². The van der Waals surface area contributed by atoms with Crippen LogP contribution in [-0.4, -0.2) is 20.3 Å². The van der Waals surface area contributed by atoms with Gasteiger partial charge in [-0.3, -0.25) is 9.36 Å². The van der Waals surface area contributed by atoms with Gasteiger partial charge in [-0.2, -0.15) is 5.26 Å². The summed E-state index contributed by atoms with van der Waals surface area (Å²) in [5.41, 5.74) is 3.88. The maximum atomic E-state index is 11.9. The highest BCUT2D eigenvalue weighted by Crippen LogP contribution is 2.23. The highest BCUT2D eigenvalue weighted by molar-refractivity contribution is 5.98. The molecule has 0 N–H and O–H groups in total. The van der Waals surface area contributed by atoms with Crippen LogP contribution in [0.15, 0.2) is 48.9 Å². The molecular formula is C19H14N4O. The van der Waals surface area contributed by atoms with Gasteiger partial charge in [0.05, 0.1) is 23.0 Å². The Balaban J connectivity index is 1.70. The van der Waals surface area contributed by atoms with Gasteiger partial charge in [0.15, 0.2) is 5.78 Å². The number of carbonyl (C=O) groups excluding carboxylic acids is 1. The molecule has 2 aromatic heterocycles. The van der Waals surface area contributed by atoms with E-state index < -0.39 is 0 Å². The van der Waals surface area contributed by atoms with E-state index in [-0.39, 0.29) is 5.78 Å². The molecule has 5 heteroatoms. The number of hydrogen-bond acceptors (Lipinski definition) is 4. The number of pyridine rings is 1. The number of carbonyl (C=O) groups is 1. The predicted octanol–water partition coefficient (Wildman–Crippen LogP) is 3.32. The average molecular weight is 314 g/mol. The summed E-state index contributed by atoms with van der Waals surface area (Å²) in [6.45, 7) is 0. The Morgan fingerprint density at radius 1 is 1.17 bits per heavy atom. The molecule has 1 aliphatic carbocycles. The summed E-state index contributed by atoms with van der Waals surface area (Å²) < 4.78 is 1.84. The first kappa shape index (κ1) is 14.3. The van der Waals surface area contributed by atoms with Crippen LogP contribution in [0.1, 0.15) is 34.5 Å². The fraction of sp³-hybridized carbons (Fsp3) is 0.158. The van der Waals surface area contributed by atoms with Crippen molar-refractivity contribution in [1.29, 1.82) is 5.26 Å². The fourth-order valence-electron chi connectivity index (χ4n) is 2.97. The third kappa shape index (κ3) is 2.48. The Morgan fingerprint density at radius 3 is 2.96 bits per heavy atom. The maximum absolute atomic E-state index is 11.9. The van der Waals surface area contributed by atoms with Crippen molar-refractivity contribution >= 4 is 5.78 Å². The second-order valence-corrected chi connectivity index (χ2v) is 5.80. The van der Waals surface area contributed by atoms with Crippen LogP contribution >= 0.6 is 0 Å². The number of Topliss-reactive ketones (excluding diaryl/α,β-unsaturated/α-hetero) is 1. The number of ketones is 1. The molecule has 0 bridgehead atoms. The van der Waals surface area contributed by atoms with E-state index in [1.807, 2.05) is 41.1 Å². The molecule has 0 radical (unpaired) electrons. The van der Waals surface area contributed by atoms with E-state index in [9.17, 15) is 4.79 Å². The summed E-state index contributed by atoms with van der Waals surface area (Å²) in [5, 5.41) is 9.01. The number of rotatable bonds is 2. The van der Waals surface area contributed by atoms with E-state index in [1.165, 1.54) is 0 Å². The Labute approximate surface area is 139 Å². The number of fused-ring (bicyclic) bond motifs is 1. The number of hydrogen-bond donors (Lipinski definition) is 0. The molecule has 0 spiro atoms. The maximum Gasteiger partial charge on any atom is 0.164 e. The van der Waals surface area contributed by atoms with E-state index in [1.54, 1.807) is 12.4 Å². The summed E-state index contributed by atoms with van der Waals surface area (Å²) in [4.78, 5) is 20.9. The molecule has 0 fully saturated rings. The topological polar surface area (TPSA) is 71.6 Å². The molecule has 24 heavy (non-hydrogen) atoms. The summed E-state index contributed by atoms with van der Waals surface area (Å²) >= 11 is 0. The number of aromatic nitrogens is 3. The molecule has 4 rings (SSSR count). The summed E-state index contributed by atoms with van der Waals surface area (Å²) in [6, 6.07) is 13.2. The van der Waals surface area contributed by atoms with Crippen LogP contribution in [0.2, 0.25) is 0 Å². The number of nitrogens with zero attached hydrogens (tertiary/aromatic N) is 4. The van der Waals surface area contributed by atoms with E-state index in [2.05, 4.69) is 16.0 Å². The van der Waals surface area contributed by atoms with Crippen molar-refractivity contribution in [2.24, 2.45) is 0 Å². The first-order valence-electron chi connectivity index (χ1n) is 7.82. The van der Waals surface area contributed by atoms with Gasteiger partial charge in [0.25, 0.3) is 0 Å². The lowest BCUT2D eigenvalue weighted by Gasteiger charge is -2.14. The quantitative estimate of drug-likeness (QED) is 0.727. The van der Waals surface area contributed by atoms with E-state index in [0.717, 1.165) is 41.2 Å². The highest BCUT2D eigenvalue weighted by Gasteiger charge is 2.18. The van der Waals surface area contributed by atoms with Crippen molar-refractivity contribution in [3.8, 4) is 23.1 Å². The van der Waals surface area contributed by atoms with Gasteiger partial charge in [-0.25, -0.2) is 9.97 Å². The minimum atomic E-state index is 0.176. The van der Waals surface area contributed by atoms with Gasteiger partial charge in [-0.05, 0) is 37.1 Å². The normalized spacial score (nSPS) is 13.4. The second kappa shape index (κ2) is 5.74. The van der Waals surface area contributed by atoms with Crippen molar-refractivity contribution in [2.45, 2.75) is 19.3 Å². The van der Waals surface area contributed by atoms with Crippen LogP contribution in [0.5, 0.6) is 0 Å². The molecule has 0 saturated carbocycles. The van der Waals surface area contributed by atoms with Gasteiger partial charge in [-0.1, -0.05) is 12.1 Å². The van der Waals surface area contributed by atoms with Crippen LogP contribution in [0.3, 0.4) is 0 Å². The number of nitriles is 1. The lowest BCUT2D eigenvalue weighted by atomic mass is 9.95. The van der Waals surface area contributed by atoms with Gasteiger partial charge in [-0.15, -0.1) is 0 Å². The smallest absolute Gasteiger partial charge is 0.164 e. The molecule has 0 atom stereocenters. The lowest BCUT2D eigenvalue weighted by Crippen LogP contribution is -2.13. The highest BCUT2D eigenvalue weighted by atomic mass is 16.1. The third-order valence-electron chi connectivity index (χ3n) is 4.21. The van der Waals surface area contributed by atoms with Crippen molar-refractivity contribution in [3.05, 3.63) is 65.7 Å². The summed E-state index contributed by atoms with van der Waals surface area (Å²) in [7, 11) is 0. The molecule has 0 saturated heterocycles. The molecule has 0 aliphatic heterocycles. The molecule has 116 valence electrons. The van der Waals surface area contributed by atoms with Crippen LogP contribution in [-0.2, 0) is 6.42 Å². The molecule has 1 aromatic carbocycles. The average Bonchev–Trinajstić information content (AvgIpc) is 3.12. The summed E-state index contributed by atoms with van der Waals surface area (Å²) in [6.07, 6.45) is 5.89. The minimum absolute atomic E-state index is 0.176. The SMILES string of the molecule is N#Cc1cccc(-c2cn(-c3ccc4c(n3)CCCC4=O)cn2)c1. The molecule has 0 unspecified atom stereocenters. The first-order chi connectivity index (χ1) is 11.7. The molecule has 3 aromatic rings. The van der Waals surface area contributed by atoms with Crippen molar-refractivity contribution < 1.29 is 4.79 Å². The van der Waals surface area contributed by atoms with Gasteiger partial charge in [0.1, 0.15) is 12.1 Å². The molecule has 0 amide bonds. The summed E-state index contributed by atoms with van der Waals surface area (Å²) in [5.74, 6) is 0.925. The largest absolute Gasteiger partial charge is 0.294 e. The number of benzene rings is 1. The van der Waals surface area contributed by atoms with Crippen molar-refractivity contribution in [2.75, 3.05) is 0 Å². The second-order valence-electron chi connectivity index (χ2n) is 5.80. The zero-order valence-corrected chi connectivity index (χ0v) is 12.9. The zero-order chi connectivity index (χ0) is 16.5. The molecule has 5 nitrogen and oxygen atoms in total. The van der Waals surface area contributed by atoms with Crippen molar-refractivity contribution in [3.63, 3.8) is 0 Å². The molecular weight excluding hydrogens is 300 g/mol. The Bertz CT molecular complexity index is 981.